The predicted octanol–water partition coefficient (Wildman–Crippen LogP) is 2.50. The van der Waals surface area contributed by atoms with Gasteiger partial charge in [0.2, 0.25) is 6.79 Å². The van der Waals surface area contributed by atoms with Gasteiger partial charge in [-0.05, 0) is 29.7 Å². The van der Waals surface area contributed by atoms with Crippen molar-refractivity contribution in [2.45, 2.75) is 19.4 Å². The Morgan fingerprint density at radius 3 is 2.81 bits per heavy atom. The maximum absolute atomic E-state index is 10.2. The van der Waals surface area contributed by atoms with E-state index in [0.717, 1.165) is 29.0 Å². The van der Waals surface area contributed by atoms with Crippen molar-refractivity contribution in [1.29, 1.82) is 0 Å². The number of rotatable bonds is 1. The Morgan fingerprint density at radius 1 is 1.31 bits per heavy atom. The lowest BCUT2D eigenvalue weighted by atomic mass is 9.85. The van der Waals surface area contributed by atoms with Crippen molar-refractivity contribution in [2.75, 3.05) is 6.79 Å². The molecule has 3 rings (SSSR count). The van der Waals surface area contributed by atoms with Gasteiger partial charge in [-0.25, -0.2) is 0 Å². The number of ether oxygens (including phenoxy) is 2. The maximum Gasteiger partial charge on any atom is 0.231 e. The van der Waals surface area contributed by atoms with Crippen LogP contribution in [-0.4, -0.2) is 11.9 Å². The fraction of sp³-hybridized carbons (Fsp3) is 0.385. The summed E-state index contributed by atoms with van der Waals surface area (Å²) in [6.07, 6.45) is 4.62. The monoisotopic (exact) mass is 218 g/mol. The molecule has 0 saturated heterocycles. The predicted molar refractivity (Wildman–Crippen MR) is 60.3 cm³/mol. The molecule has 1 aliphatic heterocycles. The van der Waals surface area contributed by atoms with E-state index in [2.05, 4.69) is 19.1 Å². The summed E-state index contributed by atoms with van der Waals surface area (Å²) in [4.78, 5) is 0. The van der Waals surface area contributed by atoms with Gasteiger partial charge >= 0.3 is 0 Å². The average molecular weight is 218 g/mol. The molecule has 0 aromatic heterocycles. The number of aliphatic hydroxyl groups is 1. The summed E-state index contributed by atoms with van der Waals surface area (Å²) in [7, 11) is 0. The Labute approximate surface area is 94.3 Å². The summed E-state index contributed by atoms with van der Waals surface area (Å²) in [5.74, 6) is 1.71. The normalized spacial score (nSPS) is 25.6. The topological polar surface area (TPSA) is 38.7 Å². The molecule has 3 heteroatoms. The highest BCUT2D eigenvalue weighted by atomic mass is 16.7. The Morgan fingerprint density at radius 2 is 2.06 bits per heavy atom. The summed E-state index contributed by atoms with van der Waals surface area (Å²) in [6.45, 7) is 2.35. The molecule has 0 spiro atoms. The molecule has 1 aliphatic carbocycles. The smallest absolute Gasteiger partial charge is 0.231 e. The van der Waals surface area contributed by atoms with E-state index >= 15 is 0 Å². The van der Waals surface area contributed by atoms with Crippen LogP contribution in [0.3, 0.4) is 0 Å². The van der Waals surface area contributed by atoms with Crippen LogP contribution in [0.2, 0.25) is 0 Å². The second kappa shape index (κ2) is 3.52. The van der Waals surface area contributed by atoms with Gasteiger partial charge in [0, 0.05) is 5.92 Å². The second-order valence-corrected chi connectivity index (χ2v) is 4.21. The van der Waals surface area contributed by atoms with Crippen molar-refractivity contribution in [1.82, 2.24) is 0 Å². The van der Waals surface area contributed by atoms with Crippen molar-refractivity contribution in [3.8, 4) is 11.5 Å². The minimum atomic E-state index is -0.431. The molecule has 84 valence electrons. The third-order valence-corrected chi connectivity index (χ3v) is 3.30. The Hall–Kier alpha value is -1.48. The van der Waals surface area contributed by atoms with Gasteiger partial charge in [0.25, 0.3) is 0 Å². The molecular weight excluding hydrogens is 204 g/mol. The van der Waals surface area contributed by atoms with E-state index in [-0.39, 0.29) is 12.7 Å². The van der Waals surface area contributed by atoms with Gasteiger partial charge in [-0.1, -0.05) is 19.1 Å². The van der Waals surface area contributed by atoms with E-state index in [1.54, 1.807) is 0 Å². The van der Waals surface area contributed by atoms with E-state index in [1.807, 2.05) is 12.1 Å². The van der Waals surface area contributed by atoms with Crippen molar-refractivity contribution in [3.63, 3.8) is 0 Å². The van der Waals surface area contributed by atoms with Crippen LogP contribution in [0.15, 0.2) is 18.2 Å². The minimum Gasteiger partial charge on any atom is -0.454 e. The quantitative estimate of drug-likeness (QED) is 0.787. The van der Waals surface area contributed by atoms with Crippen molar-refractivity contribution in [2.24, 2.45) is 5.92 Å². The minimum absolute atomic E-state index is 0.202. The molecule has 3 nitrogen and oxygen atoms in total. The first-order valence-electron chi connectivity index (χ1n) is 5.59. The van der Waals surface area contributed by atoms with Crippen molar-refractivity contribution < 1.29 is 14.6 Å². The van der Waals surface area contributed by atoms with E-state index in [1.165, 1.54) is 0 Å². The molecule has 0 amide bonds. The summed E-state index contributed by atoms with van der Waals surface area (Å²) >= 11 is 0. The molecule has 1 aromatic rings. The fourth-order valence-corrected chi connectivity index (χ4v) is 2.30. The van der Waals surface area contributed by atoms with Crippen LogP contribution in [0, 0.1) is 5.92 Å². The first kappa shape index (κ1) is 9.73. The Balaban J connectivity index is 2.09. The molecule has 0 unspecified atom stereocenters. The van der Waals surface area contributed by atoms with E-state index in [0.29, 0.717) is 0 Å². The van der Waals surface area contributed by atoms with Gasteiger partial charge in [-0.2, -0.15) is 0 Å². The zero-order chi connectivity index (χ0) is 11.1. The van der Waals surface area contributed by atoms with Gasteiger partial charge in [-0.15, -0.1) is 0 Å². The number of fused-ring (bicyclic) bond motifs is 2. The molecule has 0 fully saturated rings. The number of hydrogen-bond donors (Lipinski definition) is 1. The molecule has 0 saturated carbocycles. The number of benzene rings is 1. The van der Waals surface area contributed by atoms with Gasteiger partial charge in [0.15, 0.2) is 11.5 Å². The van der Waals surface area contributed by atoms with Gasteiger partial charge in [-0.3, -0.25) is 0 Å². The van der Waals surface area contributed by atoms with Crippen LogP contribution in [0.25, 0.3) is 6.08 Å². The lowest BCUT2D eigenvalue weighted by Crippen LogP contribution is -2.14. The molecular formula is C13H14O3. The number of aliphatic hydroxyl groups excluding tert-OH is 1. The van der Waals surface area contributed by atoms with Crippen LogP contribution in [0.4, 0.5) is 0 Å². The van der Waals surface area contributed by atoms with Crippen molar-refractivity contribution in [3.05, 3.63) is 29.3 Å². The van der Waals surface area contributed by atoms with Gasteiger partial charge in [0.05, 0.1) is 6.10 Å². The van der Waals surface area contributed by atoms with E-state index < -0.39 is 6.10 Å². The highest BCUT2D eigenvalue weighted by Crippen LogP contribution is 2.41. The molecule has 1 N–H and O–H groups in total. The summed E-state index contributed by atoms with van der Waals surface area (Å²) in [6, 6.07) is 3.83. The lowest BCUT2D eigenvalue weighted by Gasteiger charge is -2.24. The molecule has 2 atom stereocenters. The summed E-state index contributed by atoms with van der Waals surface area (Å²) < 4.78 is 10.6. The Bertz CT molecular complexity index is 451. The summed E-state index contributed by atoms with van der Waals surface area (Å²) in [5, 5.41) is 10.2. The van der Waals surface area contributed by atoms with Crippen LogP contribution in [0.1, 0.15) is 30.6 Å². The highest BCUT2D eigenvalue weighted by Gasteiger charge is 2.26. The maximum atomic E-state index is 10.2. The first-order chi connectivity index (χ1) is 7.79. The third kappa shape index (κ3) is 1.32. The van der Waals surface area contributed by atoms with Crippen LogP contribution >= 0.6 is 0 Å². The van der Waals surface area contributed by atoms with Crippen LogP contribution in [-0.2, 0) is 0 Å². The molecule has 16 heavy (non-hydrogen) atoms. The molecule has 1 aromatic carbocycles. The lowest BCUT2D eigenvalue weighted by molar-refractivity contribution is 0.127. The standard InChI is InChI=1S/C13H14O3/c1-2-8-3-4-9-5-11-12(16-7-15-11)6-10(9)13(8)14/h3-6,8,13-14H,2,7H2,1H3/t8-,13-/m1/s1. The van der Waals surface area contributed by atoms with E-state index in [4.69, 9.17) is 9.47 Å². The fourth-order valence-electron chi connectivity index (χ4n) is 2.30. The zero-order valence-corrected chi connectivity index (χ0v) is 9.14. The average Bonchev–Trinajstić information content (AvgIpc) is 2.74. The number of hydrogen-bond acceptors (Lipinski definition) is 3. The van der Waals surface area contributed by atoms with E-state index in [9.17, 15) is 5.11 Å². The van der Waals surface area contributed by atoms with Crippen molar-refractivity contribution >= 4 is 6.08 Å². The third-order valence-electron chi connectivity index (χ3n) is 3.30. The van der Waals surface area contributed by atoms with Crippen LogP contribution < -0.4 is 9.47 Å². The molecule has 1 heterocycles. The molecule has 2 aliphatic rings. The first-order valence-corrected chi connectivity index (χ1v) is 5.59. The largest absolute Gasteiger partial charge is 0.454 e. The highest BCUT2D eigenvalue weighted by molar-refractivity contribution is 5.63. The second-order valence-electron chi connectivity index (χ2n) is 4.21. The van der Waals surface area contributed by atoms with Crippen LogP contribution in [0.5, 0.6) is 11.5 Å². The summed E-state index contributed by atoms with van der Waals surface area (Å²) in [5.41, 5.74) is 1.97. The Kier molecular flexibility index (Phi) is 2.14. The van der Waals surface area contributed by atoms with Gasteiger partial charge in [0.1, 0.15) is 0 Å². The zero-order valence-electron chi connectivity index (χ0n) is 9.14. The molecule has 0 bridgehead atoms. The van der Waals surface area contributed by atoms with Gasteiger partial charge < -0.3 is 14.6 Å². The molecule has 0 radical (unpaired) electrons. The SMILES string of the molecule is CC[C@@H]1C=Cc2cc3c(cc2[C@@H]1O)OCO3.